The summed E-state index contributed by atoms with van der Waals surface area (Å²) < 4.78 is 29.1. The second-order valence-electron chi connectivity index (χ2n) is 4.98. The first-order valence-electron chi connectivity index (χ1n) is 6.76. The van der Waals surface area contributed by atoms with Gasteiger partial charge in [-0.05, 0) is 44.5 Å². The van der Waals surface area contributed by atoms with E-state index in [2.05, 4.69) is 15.4 Å². The zero-order valence-corrected chi connectivity index (χ0v) is 13.5. The Kier molecular flexibility index (Phi) is 7.32. The van der Waals surface area contributed by atoms with Crippen molar-refractivity contribution < 1.29 is 18.3 Å². The van der Waals surface area contributed by atoms with Crippen LogP contribution in [-0.2, 0) is 0 Å². The topological polar surface area (TPSA) is 50.4 Å². The van der Waals surface area contributed by atoms with Crippen molar-refractivity contribution in [2.75, 3.05) is 6.54 Å². The minimum atomic E-state index is -2.99. The van der Waals surface area contributed by atoms with Gasteiger partial charge in [0.15, 0.2) is 0 Å². The van der Waals surface area contributed by atoms with E-state index in [1.165, 1.54) is 18.2 Å². The molecule has 2 N–H and O–H groups in total. The predicted molar refractivity (Wildman–Crippen MR) is 83.3 cm³/mol. The number of carbonyl (C=O) groups excluding carboxylic acids is 1. The molecule has 1 heterocycles. The van der Waals surface area contributed by atoms with Crippen molar-refractivity contribution >= 4 is 29.9 Å². The molecule has 0 bridgehead atoms. The summed E-state index contributed by atoms with van der Waals surface area (Å²) >= 11 is 5.83. The molecule has 1 aromatic carbocycles. The molecule has 1 saturated heterocycles. The van der Waals surface area contributed by atoms with Gasteiger partial charge in [-0.2, -0.15) is 8.78 Å². The number of benzene rings is 1. The Bertz CT molecular complexity index is 518. The van der Waals surface area contributed by atoms with Crippen LogP contribution in [0.1, 0.15) is 30.1 Å². The standard InChI is InChI=1S/C14H17ClF2N2O2.ClH/c1-8-11(3-2-6-18-8)19-13(20)10-7-9(15)4-5-12(10)21-14(16)17;/h4-5,7-8,11,14,18H,2-3,6H2,1H3,(H,19,20);1H. The molecule has 1 aliphatic rings. The Morgan fingerprint density at radius 3 is 2.86 bits per heavy atom. The van der Waals surface area contributed by atoms with Crippen molar-refractivity contribution in [2.45, 2.75) is 38.5 Å². The van der Waals surface area contributed by atoms with Crippen molar-refractivity contribution in [3.05, 3.63) is 28.8 Å². The maximum atomic E-state index is 12.4. The van der Waals surface area contributed by atoms with E-state index < -0.39 is 12.5 Å². The lowest BCUT2D eigenvalue weighted by Gasteiger charge is -2.30. The van der Waals surface area contributed by atoms with E-state index >= 15 is 0 Å². The number of hydrogen-bond acceptors (Lipinski definition) is 3. The fraction of sp³-hybridized carbons (Fsp3) is 0.500. The van der Waals surface area contributed by atoms with E-state index in [0.29, 0.717) is 0 Å². The molecule has 8 heteroatoms. The van der Waals surface area contributed by atoms with Crippen molar-refractivity contribution in [2.24, 2.45) is 0 Å². The third-order valence-corrected chi connectivity index (χ3v) is 3.72. The zero-order valence-electron chi connectivity index (χ0n) is 11.9. The summed E-state index contributed by atoms with van der Waals surface area (Å²) in [7, 11) is 0. The van der Waals surface area contributed by atoms with E-state index in [1.807, 2.05) is 6.92 Å². The number of ether oxygens (including phenoxy) is 1. The lowest BCUT2D eigenvalue weighted by molar-refractivity contribution is -0.0501. The number of hydrogen-bond donors (Lipinski definition) is 2. The summed E-state index contributed by atoms with van der Waals surface area (Å²) in [6.07, 6.45) is 1.79. The summed E-state index contributed by atoms with van der Waals surface area (Å²) in [5, 5.41) is 6.38. The Hall–Kier alpha value is -1.11. The number of alkyl halides is 2. The molecule has 1 amide bonds. The van der Waals surface area contributed by atoms with E-state index in [-0.39, 0.29) is 40.8 Å². The zero-order chi connectivity index (χ0) is 15.4. The van der Waals surface area contributed by atoms with Gasteiger partial charge in [-0.3, -0.25) is 4.79 Å². The lowest BCUT2D eigenvalue weighted by atomic mass is 9.99. The maximum absolute atomic E-state index is 12.4. The number of nitrogens with one attached hydrogen (secondary N) is 2. The minimum Gasteiger partial charge on any atom is -0.434 e. The van der Waals surface area contributed by atoms with E-state index in [4.69, 9.17) is 11.6 Å². The Morgan fingerprint density at radius 2 is 2.23 bits per heavy atom. The van der Waals surface area contributed by atoms with Gasteiger partial charge in [-0.15, -0.1) is 12.4 Å². The van der Waals surface area contributed by atoms with E-state index in [0.717, 1.165) is 19.4 Å². The van der Waals surface area contributed by atoms with Crippen molar-refractivity contribution in [3.8, 4) is 5.75 Å². The molecular weight excluding hydrogens is 337 g/mol. The molecule has 124 valence electrons. The van der Waals surface area contributed by atoms with Gasteiger partial charge in [0, 0.05) is 17.1 Å². The number of amides is 1. The second kappa shape index (κ2) is 8.50. The van der Waals surface area contributed by atoms with Crippen LogP contribution in [0.25, 0.3) is 0 Å². The first kappa shape index (κ1) is 18.9. The van der Waals surface area contributed by atoms with E-state index in [1.54, 1.807) is 0 Å². The highest BCUT2D eigenvalue weighted by atomic mass is 35.5. The molecule has 22 heavy (non-hydrogen) atoms. The maximum Gasteiger partial charge on any atom is 0.387 e. The van der Waals surface area contributed by atoms with Crippen LogP contribution in [0, 0.1) is 0 Å². The molecule has 2 atom stereocenters. The highest BCUT2D eigenvalue weighted by Gasteiger charge is 2.24. The highest BCUT2D eigenvalue weighted by Crippen LogP contribution is 2.25. The molecule has 2 rings (SSSR count). The number of carbonyl (C=O) groups is 1. The average Bonchev–Trinajstić information content (AvgIpc) is 2.43. The van der Waals surface area contributed by atoms with Crippen molar-refractivity contribution in [1.82, 2.24) is 10.6 Å². The molecule has 4 nitrogen and oxygen atoms in total. The molecule has 0 aromatic heterocycles. The minimum absolute atomic E-state index is 0. The molecule has 0 aliphatic carbocycles. The smallest absolute Gasteiger partial charge is 0.387 e. The van der Waals surface area contributed by atoms with Gasteiger partial charge in [0.1, 0.15) is 5.75 Å². The SMILES string of the molecule is CC1NCCCC1NC(=O)c1cc(Cl)ccc1OC(F)F.Cl. The quantitative estimate of drug-likeness (QED) is 0.872. The third-order valence-electron chi connectivity index (χ3n) is 3.48. The third kappa shape index (κ3) is 4.97. The lowest BCUT2D eigenvalue weighted by Crippen LogP contribution is -2.51. The molecule has 0 saturated carbocycles. The molecule has 0 radical (unpaired) electrons. The summed E-state index contributed by atoms with van der Waals surface area (Å²) in [6.45, 7) is -0.115. The average molecular weight is 355 g/mol. The highest BCUT2D eigenvalue weighted by molar-refractivity contribution is 6.31. The summed E-state index contributed by atoms with van der Waals surface area (Å²) in [6, 6.07) is 4.08. The van der Waals surface area contributed by atoms with Gasteiger partial charge in [0.2, 0.25) is 0 Å². The first-order chi connectivity index (χ1) is 9.97. The molecule has 0 spiro atoms. The molecule has 1 fully saturated rings. The van der Waals surface area contributed by atoms with Gasteiger partial charge >= 0.3 is 6.61 Å². The number of halogens is 4. The molecule has 1 aliphatic heterocycles. The Balaban J connectivity index is 0.00000242. The van der Waals surface area contributed by atoms with E-state index in [9.17, 15) is 13.6 Å². The van der Waals surface area contributed by atoms with Gasteiger partial charge in [-0.1, -0.05) is 11.6 Å². The van der Waals surface area contributed by atoms with Crippen LogP contribution in [0.3, 0.4) is 0 Å². The monoisotopic (exact) mass is 354 g/mol. The summed E-state index contributed by atoms with van der Waals surface area (Å²) in [5.41, 5.74) is 0.0144. The first-order valence-corrected chi connectivity index (χ1v) is 7.14. The molecule has 1 aromatic rings. The van der Waals surface area contributed by atoms with Crippen LogP contribution >= 0.6 is 24.0 Å². The molecular formula is C14H18Cl2F2N2O2. The summed E-state index contributed by atoms with van der Waals surface area (Å²) in [5.74, 6) is -0.642. The van der Waals surface area contributed by atoms with Gasteiger partial charge in [0.05, 0.1) is 5.56 Å². The largest absolute Gasteiger partial charge is 0.434 e. The Morgan fingerprint density at radius 1 is 1.50 bits per heavy atom. The summed E-state index contributed by atoms with van der Waals surface area (Å²) in [4.78, 5) is 12.3. The van der Waals surface area contributed by atoms with Crippen LogP contribution in [0.2, 0.25) is 5.02 Å². The van der Waals surface area contributed by atoms with Gasteiger partial charge in [0.25, 0.3) is 5.91 Å². The number of rotatable bonds is 4. The van der Waals surface area contributed by atoms with Gasteiger partial charge < -0.3 is 15.4 Å². The van der Waals surface area contributed by atoms with Gasteiger partial charge in [-0.25, -0.2) is 0 Å². The molecule has 2 unspecified atom stereocenters. The van der Waals surface area contributed by atoms with Crippen LogP contribution in [0.15, 0.2) is 18.2 Å². The second-order valence-corrected chi connectivity index (χ2v) is 5.42. The fourth-order valence-corrected chi connectivity index (χ4v) is 2.54. The van der Waals surface area contributed by atoms with Crippen LogP contribution in [-0.4, -0.2) is 31.1 Å². The fourth-order valence-electron chi connectivity index (χ4n) is 2.37. The Labute approximate surface area is 139 Å². The van der Waals surface area contributed by atoms with Crippen molar-refractivity contribution in [3.63, 3.8) is 0 Å². The van der Waals surface area contributed by atoms with Crippen molar-refractivity contribution in [1.29, 1.82) is 0 Å². The van der Waals surface area contributed by atoms with Crippen LogP contribution in [0.4, 0.5) is 8.78 Å². The van der Waals surface area contributed by atoms with Crippen LogP contribution in [0.5, 0.6) is 5.75 Å². The number of piperidine rings is 1. The van der Waals surface area contributed by atoms with Crippen LogP contribution < -0.4 is 15.4 Å². The normalized spacial score (nSPS) is 21.1. The predicted octanol–water partition coefficient (Wildman–Crippen LogP) is 3.23.